The molecule has 0 radical (unpaired) electrons. The van der Waals surface area contributed by atoms with Crippen molar-refractivity contribution in [1.82, 2.24) is 15.2 Å². The molecule has 1 saturated carbocycles. The van der Waals surface area contributed by atoms with Gasteiger partial charge in [-0.15, -0.1) is 0 Å². The summed E-state index contributed by atoms with van der Waals surface area (Å²) < 4.78 is 5.68. The summed E-state index contributed by atoms with van der Waals surface area (Å²) in [5, 5.41) is 17.5. The Morgan fingerprint density at radius 1 is 1.27 bits per heavy atom. The van der Waals surface area contributed by atoms with E-state index in [4.69, 9.17) is 4.74 Å². The van der Waals surface area contributed by atoms with Gasteiger partial charge in [-0.3, -0.25) is 20.0 Å². The van der Waals surface area contributed by atoms with Crippen molar-refractivity contribution < 1.29 is 14.5 Å². The van der Waals surface area contributed by atoms with E-state index in [9.17, 15) is 14.9 Å². The molecule has 138 valence electrons. The second kappa shape index (κ2) is 7.63. The summed E-state index contributed by atoms with van der Waals surface area (Å²) in [7, 11) is 0. The summed E-state index contributed by atoms with van der Waals surface area (Å²) in [6.45, 7) is 4.24. The zero-order valence-corrected chi connectivity index (χ0v) is 14.8. The molecule has 8 heteroatoms. The first kappa shape index (κ1) is 18.0. The first-order chi connectivity index (χ1) is 12.4. The lowest BCUT2D eigenvalue weighted by molar-refractivity contribution is -0.384. The van der Waals surface area contributed by atoms with E-state index < -0.39 is 4.92 Å². The molecule has 0 amide bonds. The highest BCUT2D eigenvalue weighted by Gasteiger charge is 2.31. The van der Waals surface area contributed by atoms with E-state index in [1.165, 1.54) is 18.6 Å². The molecule has 2 atom stereocenters. The molecule has 0 bridgehead atoms. The van der Waals surface area contributed by atoms with E-state index in [1.807, 2.05) is 0 Å². The van der Waals surface area contributed by atoms with Crippen LogP contribution in [0.4, 0.5) is 5.69 Å². The average Bonchev–Trinajstić information content (AvgIpc) is 3.07. The van der Waals surface area contributed by atoms with Gasteiger partial charge < -0.3 is 4.74 Å². The van der Waals surface area contributed by atoms with E-state index in [0.717, 1.165) is 12.8 Å². The maximum Gasteiger partial charge on any atom is 0.313 e. The van der Waals surface area contributed by atoms with Gasteiger partial charge in [0.2, 0.25) is 0 Å². The predicted octanol–water partition coefficient (Wildman–Crippen LogP) is 3.29. The van der Waals surface area contributed by atoms with Gasteiger partial charge in [0, 0.05) is 17.7 Å². The highest BCUT2D eigenvalue weighted by atomic mass is 16.6. The normalized spacial score (nSPS) is 22.8. The predicted molar refractivity (Wildman–Crippen MR) is 94.2 cm³/mol. The van der Waals surface area contributed by atoms with Crippen molar-refractivity contribution in [3.63, 3.8) is 0 Å². The fourth-order valence-corrected chi connectivity index (χ4v) is 3.45. The highest BCUT2D eigenvalue weighted by molar-refractivity contribution is 5.72. The number of benzene rings is 1. The Kier molecular flexibility index (Phi) is 5.29. The largest absolute Gasteiger partial charge is 0.461 e. The van der Waals surface area contributed by atoms with E-state index in [2.05, 4.69) is 29.0 Å². The number of aromatic nitrogens is 3. The highest BCUT2D eigenvalue weighted by Crippen LogP contribution is 2.31. The van der Waals surface area contributed by atoms with Gasteiger partial charge in [0.25, 0.3) is 5.69 Å². The second-order valence-corrected chi connectivity index (χ2v) is 6.93. The van der Waals surface area contributed by atoms with Crippen molar-refractivity contribution in [2.45, 2.75) is 45.6 Å². The molecule has 26 heavy (non-hydrogen) atoms. The van der Waals surface area contributed by atoms with Gasteiger partial charge in [-0.25, -0.2) is 4.98 Å². The van der Waals surface area contributed by atoms with Crippen LogP contribution in [0.15, 0.2) is 24.3 Å². The number of nitrogens with one attached hydrogen (secondary N) is 1. The van der Waals surface area contributed by atoms with Gasteiger partial charge in [-0.1, -0.05) is 20.3 Å². The summed E-state index contributed by atoms with van der Waals surface area (Å²) in [5.41, 5.74) is 0.643. The number of nitrogens with zero attached hydrogens (tertiary/aromatic N) is 3. The number of hydrogen-bond acceptors (Lipinski definition) is 6. The quantitative estimate of drug-likeness (QED) is 0.499. The van der Waals surface area contributed by atoms with Crippen LogP contribution >= 0.6 is 0 Å². The van der Waals surface area contributed by atoms with Crippen LogP contribution in [0.2, 0.25) is 0 Å². The third-order valence-electron chi connectivity index (χ3n) is 4.89. The fraction of sp³-hybridized carbons (Fsp3) is 0.500. The number of hydrogen-bond donors (Lipinski definition) is 1. The van der Waals surface area contributed by atoms with E-state index in [0.29, 0.717) is 29.0 Å². The Morgan fingerprint density at radius 3 is 2.54 bits per heavy atom. The zero-order valence-electron chi connectivity index (χ0n) is 14.8. The third kappa shape index (κ3) is 4.07. The zero-order chi connectivity index (χ0) is 18.7. The number of esters is 1. The van der Waals surface area contributed by atoms with Crippen molar-refractivity contribution in [3.05, 3.63) is 40.2 Å². The lowest BCUT2D eigenvalue weighted by Crippen LogP contribution is -2.35. The molecule has 0 spiro atoms. The number of rotatable bonds is 5. The molecular weight excluding hydrogens is 336 g/mol. The summed E-state index contributed by atoms with van der Waals surface area (Å²) in [6, 6.07) is 5.94. The topological polar surface area (TPSA) is 111 Å². The van der Waals surface area contributed by atoms with Crippen LogP contribution in [0.1, 0.15) is 38.9 Å². The maximum absolute atomic E-state index is 12.3. The van der Waals surface area contributed by atoms with E-state index in [1.54, 1.807) is 12.1 Å². The Morgan fingerprint density at radius 2 is 1.92 bits per heavy atom. The number of ether oxygens (including phenoxy) is 1. The molecule has 1 fully saturated rings. The molecular formula is C18H22N4O4. The Bertz CT molecular complexity index is 777. The monoisotopic (exact) mass is 358 g/mol. The second-order valence-electron chi connectivity index (χ2n) is 6.93. The van der Waals surface area contributed by atoms with Crippen molar-refractivity contribution >= 4 is 11.7 Å². The Labute approximate surface area is 151 Å². The van der Waals surface area contributed by atoms with Crippen molar-refractivity contribution in [2.75, 3.05) is 0 Å². The fourth-order valence-electron chi connectivity index (χ4n) is 3.45. The van der Waals surface area contributed by atoms with Crippen LogP contribution in [0, 0.1) is 22.0 Å². The minimum Gasteiger partial charge on any atom is -0.461 e. The first-order valence-corrected chi connectivity index (χ1v) is 8.79. The molecule has 1 aromatic carbocycles. The van der Waals surface area contributed by atoms with Gasteiger partial charge in [-0.2, -0.15) is 5.10 Å². The van der Waals surface area contributed by atoms with Crippen LogP contribution < -0.4 is 0 Å². The molecule has 2 aromatic rings. The standard InChI is InChI=1S/C18H22N4O4/c1-11-4-3-5-12(2)17(11)26-16(23)10-15-19-18(21-20-15)13-6-8-14(9-7-13)22(24)25/h6-9,11-12,17H,3-5,10H2,1-2H3,(H,19,20,21). The molecule has 8 nitrogen and oxygen atoms in total. The van der Waals surface area contributed by atoms with Crippen LogP contribution in [-0.4, -0.2) is 32.2 Å². The van der Waals surface area contributed by atoms with Gasteiger partial charge in [0.1, 0.15) is 18.3 Å². The Balaban J connectivity index is 1.62. The first-order valence-electron chi connectivity index (χ1n) is 8.79. The van der Waals surface area contributed by atoms with Crippen molar-refractivity contribution in [1.29, 1.82) is 0 Å². The minimum atomic E-state index is -0.462. The smallest absolute Gasteiger partial charge is 0.313 e. The van der Waals surface area contributed by atoms with Crippen LogP contribution in [-0.2, 0) is 16.0 Å². The summed E-state index contributed by atoms with van der Waals surface area (Å²) >= 11 is 0. The van der Waals surface area contributed by atoms with E-state index in [-0.39, 0.29) is 24.2 Å². The third-order valence-corrected chi connectivity index (χ3v) is 4.89. The van der Waals surface area contributed by atoms with Gasteiger partial charge >= 0.3 is 5.97 Å². The SMILES string of the molecule is CC1CCCC(C)C1OC(=O)Cc1nc(-c2ccc([N+](=O)[O-])cc2)n[nH]1. The number of nitro groups is 1. The molecule has 1 aromatic heterocycles. The number of nitro benzene ring substituents is 1. The number of H-pyrrole nitrogens is 1. The van der Waals surface area contributed by atoms with Crippen molar-refractivity contribution in [2.24, 2.45) is 11.8 Å². The van der Waals surface area contributed by atoms with Gasteiger partial charge in [0.15, 0.2) is 5.82 Å². The minimum absolute atomic E-state index is 0.00353. The van der Waals surface area contributed by atoms with Gasteiger partial charge in [0.05, 0.1) is 4.92 Å². The average molecular weight is 358 g/mol. The summed E-state index contributed by atoms with van der Waals surface area (Å²) in [6.07, 6.45) is 3.31. The van der Waals surface area contributed by atoms with Crippen LogP contribution in [0.5, 0.6) is 0 Å². The lowest BCUT2D eigenvalue weighted by atomic mass is 9.80. The molecule has 1 heterocycles. The molecule has 2 unspecified atom stereocenters. The number of aromatic amines is 1. The molecule has 1 N–H and O–H groups in total. The molecule has 3 rings (SSSR count). The maximum atomic E-state index is 12.3. The number of carbonyl (C=O) groups excluding carboxylic acids is 1. The number of non-ortho nitro benzene ring substituents is 1. The Hall–Kier alpha value is -2.77. The van der Waals surface area contributed by atoms with E-state index >= 15 is 0 Å². The molecule has 0 aliphatic heterocycles. The lowest BCUT2D eigenvalue weighted by Gasteiger charge is -2.33. The number of carbonyl (C=O) groups is 1. The molecule has 0 saturated heterocycles. The summed E-state index contributed by atoms with van der Waals surface area (Å²) in [4.78, 5) is 26.8. The van der Waals surface area contributed by atoms with Crippen molar-refractivity contribution in [3.8, 4) is 11.4 Å². The molecule has 1 aliphatic rings. The van der Waals surface area contributed by atoms with Gasteiger partial charge in [-0.05, 0) is 36.8 Å². The summed E-state index contributed by atoms with van der Waals surface area (Å²) in [5.74, 6) is 1.23. The molecule has 1 aliphatic carbocycles. The van der Waals surface area contributed by atoms with Crippen LogP contribution in [0.3, 0.4) is 0 Å². The van der Waals surface area contributed by atoms with Crippen LogP contribution in [0.25, 0.3) is 11.4 Å².